The molecule has 224 valence electrons. The lowest BCUT2D eigenvalue weighted by molar-refractivity contribution is -0.147. The second-order valence-electron chi connectivity index (χ2n) is 11.9. The van der Waals surface area contributed by atoms with E-state index < -0.39 is 28.7 Å². The number of alkyl halides is 1. The summed E-state index contributed by atoms with van der Waals surface area (Å²) in [6, 6.07) is 8.11. The van der Waals surface area contributed by atoms with Gasteiger partial charge in [0.2, 0.25) is 17.7 Å². The molecule has 1 spiro atoms. The van der Waals surface area contributed by atoms with Crippen LogP contribution in [0.2, 0.25) is 0 Å². The number of hydrogen-bond donors (Lipinski definition) is 1. The highest BCUT2D eigenvalue weighted by molar-refractivity contribution is 9.09. The molecule has 0 radical (unpaired) electrons. The van der Waals surface area contributed by atoms with Crippen molar-refractivity contribution >= 4 is 51.1 Å². The Kier molecular flexibility index (Phi) is 10.1. The molecule has 8 atom stereocenters. The van der Waals surface area contributed by atoms with E-state index in [4.69, 9.17) is 0 Å². The zero-order chi connectivity index (χ0) is 30.1. The van der Waals surface area contributed by atoms with Crippen molar-refractivity contribution < 1.29 is 19.5 Å². The number of carbonyl (C=O) groups is 3. The summed E-state index contributed by atoms with van der Waals surface area (Å²) in [7, 11) is 0. The average molecular weight is 647 g/mol. The van der Waals surface area contributed by atoms with Gasteiger partial charge in [-0.25, -0.2) is 0 Å². The highest BCUT2D eigenvalue weighted by Crippen LogP contribution is 2.68. The van der Waals surface area contributed by atoms with Crippen molar-refractivity contribution in [1.29, 1.82) is 0 Å². The fourth-order valence-corrected chi connectivity index (χ4v) is 10.8. The molecule has 3 aliphatic rings. The van der Waals surface area contributed by atoms with Crippen LogP contribution in [0.3, 0.4) is 0 Å². The maximum Gasteiger partial charge on any atom is 0.247 e. The highest BCUT2D eigenvalue weighted by atomic mass is 79.9. The van der Waals surface area contributed by atoms with Crippen LogP contribution in [-0.2, 0) is 14.4 Å². The second kappa shape index (κ2) is 13.0. The normalized spacial score (nSPS) is 29.8. The summed E-state index contributed by atoms with van der Waals surface area (Å²) in [5.41, 5.74) is 0.751. The van der Waals surface area contributed by atoms with E-state index in [0.717, 1.165) is 18.5 Å². The highest BCUT2D eigenvalue weighted by Gasteiger charge is 2.76. The van der Waals surface area contributed by atoms with Gasteiger partial charge in [0.15, 0.2) is 0 Å². The van der Waals surface area contributed by atoms with Gasteiger partial charge in [0.05, 0.1) is 29.2 Å². The molecule has 0 aliphatic carbocycles. The van der Waals surface area contributed by atoms with Crippen molar-refractivity contribution in [3.63, 3.8) is 0 Å². The Balaban J connectivity index is 1.84. The number of carbonyl (C=O) groups excluding carboxylic acids is 3. The smallest absolute Gasteiger partial charge is 0.247 e. The summed E-state index contributed by atoms with van der Waals surface area (Å²) in [6.45, 7) is 16.3. The summed E-state index contributed by atoms with van der Waals surface area (Å²) < 4.78 is -0.780. The largest absolute Gasteiger partial charge is 0.394 e. The molecule has 1 N–H and O–H groups in total. The summed E-state index contributed by atoms with van der Waals surface area (Å²) in [4.78, 5) is 48.9. The average Bonchev–Trinajstić information content (AvgIpc) is 3.54. The van der Waals surface area contributed by atoms with Crippen LogP contribution in [-0.4, -0.2) is 85.3 Å². The second-order valence-corrected chi connectivity index (χ2v) is 14.6. The number of para-hydroxylation sites is 1. The topological polar surface area (TPSA) is 81.2 Å². The number of hydrogen-bond acceptors (Lipinski definition) is 5. The number of aliphatic hydroxyl groups is 1. The molecule has 3 amide bonds. The number of benzene rings is 1. The van der Waals surface area contributed by atoms with Gasteiger partial charge in [-0.1, -0.05) is 73.5 Å². The number of anilines is 1. The van der Waals surface area contributed by atoms with Crippen LogP contribution < -0.4 is 4.90 Å². The van der Waals surface area contributed by atoms with Crippen molar-refractivity contribution in [3.05, 3.63) is 55.6 Å². The molecule has 41 heavy (non-hydrogen) atoms. The standard InChI is InChI=1S/C32H44BrN3O4S/c1-7-13-21(6)34(16-8-2)31(40)28-32-18-23(33)27(41-32)25(26(32)30(39)36(28)24(19-37)20(4)5)29(38)35(17-9-3)22-14-11-10-12-15-22/h8-12,14-15,20-21,23-28,37H,2-3,7,13,16-19H2,1,4-6H3/t21?,23?,24-,25+,26-,27+,28?,32?/m0/s1. The monoisotopic (exact) mass is 645 g/mol. The van der Waals surface area contributed by atoms with Gasteiger partial charge in [0.25, 0.3) is 0 Å². The zero-order valence-corrected chi connectivity index (χ0v) is 27.0. The van der Waals surface area contributed by atoms with Gasteiger partial charge >= 0.3 is 0 Å². The van der Waals surface area contributed by atoms with Gasteiger partial charge in [0, 0.05) is 34.9 Å². The predicted molar refractivity (Wildman–Crippen MR) is 170 cm³/mol. The first kappa shape index (κ1) is 31.8. The fourth-order valence-electron chi connectivity index (χ4n) is 7.20. The van der Waals surface area contributed by atoms with Gasteiger partial charge in [-0.05, 0) is 37.8 Å². The molecule has 3 heterocycles. The van der Waals surface area contributed by atoms with Crippen molar-refractivity contribution in [3.8, 4) is 0 Å². The summed E-state index contributed by atoms with van der Waals surface area (Å²) in [5, 5.41) is 10.4. The van der Waals surface area contributed by atoms with Gasteiger partial charge in [-0.15, -0.1) is 24.9 Å². The lowest BCUT2D eigenvalue weighted by Gasteiger charge is -2.42. The number of thioether (sulfide) groups is 1. The number of fused-ring (bicyclic) bond motifs is 1. The summed E-state index contributed by atoms with van der Waals surface area (Å²) in [5.74, 6) is -1.79. The van der Waals surface area contributed by atoms with E-state index in [9.17, 15) is 19.5 Å². The van der Waals surface area contributed by atoms with Crippen molar-refractivity contribution in [2.24, 2.45) is 17.8 Å². The molecule has 7 nitrogen and oxygen atoms in total. The Bertz CT molecular complexity index is 1150. The summed E-state index contributed by atoms with van der Waals surface area (Å²) in [6.07, 6.45) is 5.78. The molecular formula is C32H44BrN3O4S. The maximum absolute atomic E-state index is 14.7. The minimum Gasteiger partial charge on any atom is -0.394 e. The minimum atomic E-state index is -0.781. The van der Waals surface area contributed by atoms with Crippen molar-refractivity contribution in [2.75, 3.05) is 24.6 Å². The lowest BCUT2D eigenvalue weighted by atomic mass is 9.70. The van der Waals surface area contributed by atoms with Crippen LogP contribution in [0.4, 0.5) is 5.69 Å². The Morgan fingerprint density at radius 2 is 1.83 bits per heavy atom. The first-order valence-electron chi connectivity index (χ1n) is 14.7. The first-order valence-corrected chi connectivity index (χ1v) is 16.5. The third-order valence-electron chi connectivity index (χ3n) is 9.05. The van der Waals surface area contributed by atoms with Crippen molar-refractivity contribution in [2.45, 2.75) is 79.9 Å². The molecule has 0 aromatic heterocycles. The zero-order valence-electron chi connectivity index (χ0n) is 24.6. The Morgan fingerprint density at radius 3 is 2.39 bits per heavy atom. The van der Waals surface area contributed by atoms with Crippen LogP contribution in [0.1, 0.15) is 47.0 Å². The number of amides is 3. The fraction of sp³-hybridized carbons (Fsp3) is 0.594. The molecule has 3 aliphatic heterocycles. The molecule has 1 aromatic carbocycles. The van der Waals surface area contributed by atoms with E-state index in [2.05, 4.69) is 36.0 Å². The molecule has 3 saturated heterocycles. The molecule has 9 heteroatoms. The summed E-state index contributed by atoms with van der Waals surface area (Å²) >= 11 is 5.50. The van der Waals surface area contributed by atoms with Crippen LogP contribution in [0, 0.1) is 17.8 Å². The van der Waals surface area contributed by atoms with Gasteiger partial charge in [0.1, 0.15) is 6.04 Å². The van der Waals surface area contributed by atoms with Gasteiger partial charge < -0.3 is 19.8 Å². The third-order valence-corrected chi connectivity index (χ3v) is 12.3. The molecule has 2 bridgehead atoms. The Labute approximate surface area is 257 Å². The molecular weight excluding hydrogens is 602 g/mol. The molecule has 4 rings (SSSR count). The van der Waals surface area contributed by atoms with Crippen LogP contribution in [0.15, 0.2) is 55.6 Å². The van der Waals surface area contributed by atoms with Gasteiger partial charge in [-0.3, -0.25) is 14.4 Å². The number of nitrogens with zero attached hydrogens (tertiary/aromatic N) is 3. The van der Waals surface area contributed by atoms with E-state index in [-0.39, 0.29) is 46.4 Å². The van der Waals surface area contributed by atoms with E-state index >= 15 is 0 Å². The van der Waals surface area contributed by atoms with E-state index in [1.165, 1.54) is 0 Å². The molecule has 0 saturated carbocycles. The van der Waals surface area contributed by atoms with Crippen LogP contribution in [0.25, 0.3) is 0 Å². The van der Waals surface area contributed by atoms with Crippen LogP contribution in [0.5, 0.6) is 0 Å². The van der Waals surface area contributed by atoms with E-state index in [1.807, 2.05) is 56.0 Å². The molecule has 4 unspecified atom stereocenters. The SMILES string of the molecule is C=CCN(C(=O)[C@H]1[C@@H]2SC3(CC2Br)C(C(=O)N(CC=C)C(C)CCC)N([C@@H](CO)C(C)C)C(=O)[C@H]13)c1ccccc1. The number of rotatable bonds is 13. The Morgan fingerprint density at radius 1 is 1.17 bits per heavy atom. The third kappa shape index (κ3) is 5.42. The van der Waals surface area contributed by atoms with E-state index in [1.54, 1.807) is 33.7 Å². The lowest BCUT2D eigenvalue weighted by Crippen LogP contribution is -2.60. The minimum absolute atomic E-state index is 0.0327. The number of likely N-dealkylation sites (tertiary alicyclic amines) is 1. The van der Waals surface area contributed by atoms with E-state index in [0.29, 0.717) is 19.5 Å². The number of aliphatic hydroxyl groups excluding tert-OH is 1. The first-order chi connectivity index (χ1) is 19.6. The molecule has 3 fully saturated rings. The molecule has 1 aromatic rings. The quantitative estimate of drug-likeness (QED) is 0.244. The Hall–Kier alpha value is -2.10. The van der Waals surface area contributed by atoms with Gasteiger partial charge in [-0.2, -0.15) is 0 Å². The number of halogens is 1. The maximum atomic E-state index is 14.7. The predicted octanol–water partition coefficient (Wildman–Crippen LogP) is 4.89. The van der Waals surface area contributed by atoms with Crippen molar-refractivity contribution in [1.82, 2.24) is 9.80 Å². The van der Waals surface area contributed by atoms with Crippen LogP contribution >= 0.6 is 27.7 Å².